The second kappa shape index (κ2) is 7.04. The van der Waals surface area contributed by atoms with Crippen molar-refractivity contribution in [1.29, 1.82) is 0 Å². The molecule has 1 heterocycles. The molecule has 8 nitrogen and oxygen atoms in total. The molecule has 3 N–H and O–H groups in total. The molecule has 9 heteroatoms. The molecule has 146 valence electrons. The van der Waals surface area contributed by atoms with Gasteiger partial charge in [-0.05, 0) is 48.5 Å². The Balaban J connectivity index is 1.92. The van der Waals surface area contributed by atoms with E-state index in [2.05, 4.69) is 10.1 Å². The largest absolute Gasteiger partial charge is 0.507 e. The van der Waals surface area contributed by atoms with Crippen LogP contribution in [0.5, 0.6) is 11.5 Å². The maximum Gasteiger partial charge on any atom is 0.294 e. The van der Waals surface area contributed by atoms with E-state index in [0.717, 1.165) is 0 Å². The first-order valence-electron chi connectivity index (χ1n) is 8.46. The Kier molecular flexibility index (Phi) is 4.53. The average Bonchev–Trinajstić information content (AvgIpc) is 3.13. The third kappa shape index (κ3) is 3.56. The Hall–Kier alpha value is -3.69. The van der Waals surface area contributed by atoms with Crippen LogP contribution in [-0.4, -0.2) is 37.9 Å². The number of phenols is 2. The fourth-order valence-electron chi connectivity index (χ4n) is 2.87. The highest BCUT2D eigenvalue weighted by Gasteiger charge is 2.19. The molecule has 0 fully saturated rings. The van der Waals surface area contributed by atoms with Crippen LogP contribution in [-0.2, 0) is 10.1 Å². The maximum atomic E-state index is 11.3. The van der Waals surface area contributed by atoms with Gasteiger partial charge in [0, 0.05) is 0 Å². The van der Waals surface area contributed by atoms with Crippen LogP contribution in [0.2, 0.25) is 0 Å². The molecule has 0 saturated carbocycles. The molecule has 0 radical (unpaired) electrons. The predicted octanol–water partition coefficient (Wildman–Crippen LogP) is 3.26. The number of phenolic OH excluding ortho intramolecular Hbond substituents is 2. The monoisotopic (exact) mass is 409 g/mol. The van der Waals surface area contributed by atoms with Gasteiger partial charge in [0.1, 0.15) is 11.5 Å². The smallest absolute Gasteiger partial charge is 0.294 e. The van der Waals surface area contributed by atoms with Gasteiger partial charge >= 0.3 is 0 Å². The summed E-state index contributed by atoms with van der Waals surface area (Å²) in [6.07, 6.45) is 0. The fraction of sp³-hybridized carbons (Fsp3) is 0. The minimum atomic E-state index is -4.33. The molecule has 3 aromatic carbocycles. The lowest BCUT2D eigenvalue weighted by Crippen LogP contribution is -2.02. The molecule has 0 unspecified atom stereocenters. The van der Waals surface area contributed by atoms with Crippen LogP contribution >= 0.6 is 0 Å². The number of para-hydroxylation sites is 2. The second-order valence-corrected chi connectivity index (χ2v) is 7.60. The summed E-state index contributed by atoms with van der Waals surface area (Å²) in [5, 5.41) is 24.9. The molecule has 0 bridgehead atoms. The molecule has 0 aliphatic carbocycles. The van der Waals surface area contributed by atoms with Crippen LogP contribution < -0.4 is 0 Å². The summed E-state index contributed by atoms with van der Waals surface area (Å²) in [7, 11) is -4.33. The van der Waals surface area contributed by atoms with E-state index in [1.54, 1.807) is 36.4 Å². The van der Waals surface area contributed by atoms with Gasteiger partial charge in [-0.25, -0.2) is 9.67 Å². The molecule has 0 spiro atoms. The Bertz CT molecular complexity index is 1300. The fourth-order valence-corrected chi connectivity index (χ4v) is 3.35. The van der Waals surface area contributed by atoms with Crippen LogP contribution in [0.1, 0.15) is 0 Å². The lowest BCUT2D eigenvalue weighted by Gasteiger charge is -2.07. The number of hydrogen-bond acceptors (Lipinski definition) is 6. The number of aromatic hydroxyl groups is 2. The lowest BCUT2D eigenvalue weighted by atomic mass is 10.1. The third-order valence-electron chi connectivity index (χ3n) is 4.28. The molecular weight excluding hydrogens is 394 g/mol. The molecule has 0 aliphatic heterocycles. The van der Waals surface area contributed by atoms with Crippen molar-refractivity contribution in [3.05, 3.63) is 72.8 Å². The first-order valence-corrected chi connectivity index (χ1v) is 9.90. The van der Waals surface area contributed by atoms with Crippen LogP contribution in [0.25, 0.3) is 28.5 Å². The third-order valence-corrected chi connectivity index (χ3v) is 5.14. The summed E-state index contributed by atoms with van der Waals surface area (Å²) in [6.45, 7) is 0. The van der Waals surface area contributed by atoms with Crippen molar-refractivity contribution in [2.24, 2.45) is 0 Å². The number of rotatable bonds is 4. The van der Waals surface area contributed by atoms with E-state index in [1.165, 1.54) is 41.1 Å². The second-order valence-electron chi connectivity index (χ2n) is 6.17. The van der Waals surface area contributed by atoms with E-state index < -0.39 is 10.1 Å². The minimum absolute atomic E-state index is 0.00444. The minimum Gasteiger partial charge on any atom is -0.507 e. The van der Waals surface area contributed by atoms with Gasteiger partial charge in [0.25, 0.3) is 10.1 Å². The summed E-state index contributed by atoms with van der Waals surface area (Å²) in [4.78, 5) is 4.23. The van der Waals surface area contributed by atoms with Crippen molar-refractivity contribution in [3.63, 3.8) is 0 Å². The maximum absolute atomic E-state index is 11.3. The topological polar surface area (TPSA) is 126 Å². The van der Waals surface area contributed by atoms with E-state index in [-0.39, 0.29) is 22.2 Å². The van der Waals surface area contributed by atoms with Crippen LogP contribution in [0, 0.1) is 0 Å². The van der Waals surface area contributed by atoms with Crippen LogP contribution in [0.15, 0.2) is 77.7 Å². The number of hydrogen-bond donors (Lipinski definition) is 3. The molecule has 4 aromatic rings. The van der Waals surface area contributed by atoms with Crippen molar-refractivity contribution in [2.45, 2.75) is 4.90 Å². The molecular formula is C20H15N3O5S. The standard InChI is InChI=1S/C20H15N3O5S/c24-17-7-3-1-5-15(17)19-21-20(16-6-2-4-8-18(16)25)23(22-19)13-9-11-14(12-10-13)29(26,27)28/h1-12,24-25H,(H,26,27,28). The zero-order valence-electron chi connectivity index (χ0n) is 14.8. The van der Waals surface area contributed by atoms with Crippen molar-refractivity contribution in [3.8, 4) is 40.0 Å². The summed E-state index contributed by atoms with van der Waals surface area (Å²) in [5.41, 5.74) is 1.25. The molecule has 0 aliphatic rings. The molecule has 29 heavy (non-hydrogen) atoms. The highest BCUT2D eigenvalue weighted by Crippen LogP contribution is 2.33. The lowest BCUT2D eigenvalue weighted by molar-refractivity contribution is 0.476. The van der Waals surface area contributed by atoms with Crippen molar-refractivity contribution in [1.82, 2.24) is 14.8 Å². The molecule has 0 saturated heterocycles. The highest BCUT2D eigenvalue weighted by molar-refractivity contribution is 7.85. The molecule has 0 amide bonds. The summed E-state index contributed by atoms with van der Waals surface area (Å²) in [5.74, 6) is 0.496. The Labute approximate surface area is 166 Å². The average molecular weight is 409 g/mol. The number of nitrogens with zero attached hydrogens (tertiary/aromatic N) is 3. The zero-order valence-corrected chi connectivity index (χ0v) is 15.7. The van der Waals surface area contributed by atoms with Gasteiger partial charge in [-0.15, -0.1) is 5.10 Å². The van der Waals surface area contributed by atoms with Gasteiger partial charge < -0.3 is 10.2 Å². The van der Waals surface area contributed by atoms with Gasteiger partial charge in [0.2, 0.25) is 0 Å². The Morgan fingerprint density at radius 2 is 1.31 bits per heavy atom. The number of benzene rings is 3. The van der Waals surface area contributed by atoms with Gasteiger partial charge in [0.05, 0.1) is 21.7 Å². The zero-order chi connectivity index (χ0) is 20.6. The van der Waals surface area contributed by atoms with Crippen molar-refractivity contribution < 1.29 is 23.2 Å². The van der Waals surface area contributed by atoms with Gasteiger partial charge in [-0.1, -0.05) is 24.3 Å². The quantitative estimate of drug-likeness (QED) is 0.442. The van der Waals surface area contributed by atoms with E-state index >= 15 is 0 Å². The normalized spacial score (nSPS) is 11.5. The Morgan fingerprint density at radius 3 is 1.86 bits per heavy atom. The predicted molar refractivity (Wildman–Crippen MR) is 105 cm³/mol. The molecule has 4 rings (SSSR count). The summed E-state index contributed by atoms with van der Waals surface area (Å²) >= 11 is 0. The van der Waals surface area contributed by atoms with Gasteiger partial charge in [0.15, 0.2) is 11.6 Å². The first-order chi connectivity index (χ1) is 13.8. The number of aromatic nitrogens is 3. The SMILES string of the molecule is O=S(=O)(O)c1ccc(-n2nc(-c3ccccc3O)nc2-c2ccccc2O)cc1. The van der Waals surface area contributed by atoms with E-state index in [9.17, 15) is 23.2 Å². The van der Waals surface area contributed by atoms with E-state index in [1.807, 2.05) is 0 Å². The van der Waals surface area contributed by atoms with Gasteiger partial charge in [-0.3, -0.25) is 4.55 Å². The van der Waals surface area contributed by atoms with Crippen LogP contribution in [0.3, 0.4) is 0 Å². The highest BCUT2D eigenvalue weighted by atomic mass is 32.2. The van der Waals surface area contributed by atoms with Crippen molar-refractivity contribution in [2.75, 3.05) is 0 Å². The van der Waals surface area contributed by atoms with Gasteiger partial charge in [-0.2, -0.15) is 8.42 Å². The molecule has 0 atom stereocenters. The molecule has 1 aromatic heterocycles. The van der Waals surface area contributed by atoms with E-state index in [4.69, 9.17) is 0 Å². The van der Waals surface area contributed by atoms with E-state index in [0.29, 0.717) is 22.6 Å². The first kappa shape index (κ1) is 18.7. The Morgan fingerprint density at radius 1 is 0.759 bits per heavy atom. The van der Waals surface area contributed by atoms with Crippen LogP contribution in [0.4, 0.5) is 0 Å². The van der Waals surface area contributed by atoms with Crippen molar-refractivity contribution >= 4 is 10.1 Å². The summed E-state index contributed by atoms with van der Waals surface area (Å²) in [6, 6.07) is 18.5. The summed E-state index contributed by atoms with van der Waals surface area (Å²) < 4.78 is 33.2.